The maximum absolute atomic E-state index is 12.3. The van der Waals surface area contributed by atoms with Gasteiger partial charge in [0.2, 0.25) is 0 Å². The molecule has 0 aromatic heterocycles. The first-order valence-electron chi connectivity index (χ1n) is 17.2. The molecule has 8 nitrogen and oxygen atoms in total. The van der Waals surface area contributed by atoms with Gasteiger partial charge in [0, 0.05) is 13.0 Å². The number of nitrogens with zero attached hydrogens (tertiary/aromatic N) is 1. The second kappa shape index (κ2) is 29.1. The van der Waals surface area contributed by atoms with Gasteiger partial charge in [0.25, 0.3) is 7.82 Å². The summed E-state index contributed by atoms with van der Waals surface area (Å²) in [7, 11) is 1.34. The Bertz CT molecular complexity index is 807. The Balaban J connectivity index is 4.10. The lowest BCUT2D eigenvalue weighted by Gasteiger charge is -2.28. The van der Waals surface area contributed by atoms with E-state index in [9.17, 15) is 14.3 Å². The summed E-state index contributed by atoms with van der Waals surface area (Å²) in [6.07, 6.45) is 30.6. The summed E-state index contributed by atoms with van der Waals surface area (Å²) in [5, 5.41) is 0. The molecule has 0 amide bonds. The average Bonchev–Trinajstić information content (AvgIpc) is 2.96. The van der Waals surface area contributed by atoms with Crippen LogP contribution >= 0.6 is 7.82 Å². The van der Waals surface area contributed by atoms with Gasteiger partial charge < -0.3 is 27.9 Å². The minimum atomic E-state index is -4.50. The van der Waals surface area contributed by atoms with E-state index >= 15 is 0 Å². The van der Waals surface area contributed by atoms with Gasteiger partial charge in [-0.15, -0.1) is 0 Å². The van der Waals surface area contributed by atoms with Crippen LogP contribution in [-0.4, -0.2) is 70.7 Å². The SMILES string of the molecule is CC/C=C\C/C=C\C/C=C\CCCCCCCCCCOCC(COP(=O)([O-])OCC[N+](C)(C)C)OC(=O)CCCCCC. The van der Waals surface area contributed by atoms with Crippen molar-refractivity contribution in [2.45, 2.75) is 129 Å². The molecule has 0 radical (unpaired) electrons. The highest BCUT2D eigenvalue weighted by Crippen LogP contribution is 2.38. The number of quaternary nitrogens is 1. The van der Waals surface area contributed by atoms with Gasteiger partial charge in [-0.25, -0.2) is 0 Å². The van der Waals surface area contributed by atoms with Gasteiger partial charge in [-0.3, -0.25) is 9.36 Å². The smallest absolute Gasteiger partial charge is 0.306 e. The van der Waals surface area contributed by atoms with E-state index in [4.69, 9.17) is 18.5 Å². The number of esters is 1. The van der Waals surface area contributed by atoms with Crippen LogP contribution in [0, 0.1) is 0 Å². The van der Waals surface area contributed by atoms with Gasteiger partial charge in [-0.2, -0.15) is 0 Å². The summed E-state index contributed by atoms with van der Waals surface area (Å²) in [5.41, 5.74) is 0. The van der Waals surface area contributed by atoms with Gasteiger partial charge in [0.05, 0.1) is 34.4 Å². The third-order valence-corrected chi connectivity index (χ3v) is 7.92. The lowest BCUT2D eigenvalue weighted by molar-refractivity contribution is -0.870. The number of phosphoric acid groups is 1. The van der Waals surface area contributed by atoms with Gasteiger partial charge in [-0.05, 0) is 44.9 Å². The van der Waals surface area contributed by atoms with Crippen molar-refractivity contribution < 1.29 is 37.3 Å². The molecular weight excluding hydrogens is 577 g/mol. The Morgan fingerprint density at radius 3 is 1.95 bits per heavy atom. The number of ether oxygens (including phenoxy) is 2. The molecule has 2 unspecified atom stereocenters. The van der Waals surface area contributed by atoms with E-state index in [0.29, 0.717) is 24.1 Å². The van der Waals surface area contributed by atoms with Crippen LogP contribution in [0.2, 0.25) is 0 Å². The molecule has 0 aromatic rings. The molecular formula is C35H66NO7P. The van der Waals surface area contributed by atoms with Crippen molar-refractivity contribution in [2.75, 3.05) is 54.1 Å². The van der Waals surface area contributed by atoms with Crippen LogP contribution in [0.5, 0.6) is 0 Å². The summed E-state index contributed by atoms with van der Waals surface area (Å²) >= 11 is 0. The first-order valence-corrected chi connectivity index (χ1v) is 18.7. The Morgan fingerprint density at radius 1 is 0.727 bits per heavy atom. The van der Waals surface area contributed by atoms with Gasteiger partial charge >= 0.3 is 5.97 Å². The Hall–Kier alpha value is -1.28. The monoisotopic (exact) mass is 643 g/mol. The highest BCUT2D eigenvalue weighted by Gasteiger charge is 2.20. The first-order chi connectivity index (χ1) is 21.1. The van der Waals surface area contributed by atoms with Crippen LogP contribution in [0.4, 0.5) is 0 Å². The normalized spacial score (nSPS) is 14.6. The van der Waals surface area contributed by atoms with Crippen LogP contribution in [0.25, 0.3) is 0 Å². The molecule has 0 heterocycles. The van der Waals surface area contributed by atoms with Crippen LogP contribution < -0.4 is 4.89 Å². The molecule has 0 saturated heterocycles. The van der Waals surface area contributed by atoms with Crippen molar-refractivity contribution in [3.8, 4) is 0 Å². The molecule has 0 saturated carbocycles. The molecule has 0 bridgehead atoms. The molecule has 258 valence electrons. The highest BCUT2D eigenvalue weighted by atomic mass is 31.2. The van der Waals surface area contributed by atoms with Crippen molar-refractivity contribution in [1.82, 2.24) is 0 Å². The second-order valence-electron chi connectivity index (χ2n) is 12.5. The maximum Gasteiger partial charge on any atom is 0.306 e. The summed E-state index contributed by atoms with van der Waals surface area (Å²) < 4.78 is 34.1. The minimum absolute atomic E-state index is 0.0236. The third kappa shape index (κ3) is 32.1. The maximum atomic E-state index is 12.3. The molecule has 0 aliphatic carbocycles. The average molecular weight is 644 g/mol. The summed E-state index contributed by atoms with van der Waals surface area (Å²) in [6.45, 7) is 5.13. The fraction of sp³-hybridized carbons (Fsp3) is 0.800. The van der Waals surface area contributed by atoms with E-state index in [1.165, 1.54) is 38.5 Å². The highest BCUT2D eigenvalue weighted by molar-refractivity contribution is 7.45. The molecule has 0 fully saturated rings. The van der Waals surface area contributed by atoms with Crippen LogP contribution in [0.3, 0.4) is 0 Å². The number of allylic oxidation sites excluding steroid dienone is 6. The van der Waals surface area contributed by atoms with Crippen molar-refractivity contribution >= 4 is 13.8 Å². The van der Waals surface area contributed by atoms with E-state index in [1.807, 2.05) is 21.1 Å². The fourth-order valence-corrected chi connectivity index (χ4v) is 4.99. The predicted molar refractivity (Wildman–Crippen MR) is 180 cm³/mol. The van der Waals surface area contributed by atoms with E-state index < -0.39 is 13.9 Å². The molecule has 0 N–H and O–H groups in total. The molecule has 44 heavy (non-hydrogen) atoms. The molecule has 9 heteroatoms. The zero-order chi connectivity index (χ0) is 32.8. The largest absolute Gasteiger partial charge is 0.756 e. The van der Waals surface area contributed by atoms with E-state index in [-0.39, 0.29) is 25.8 Å². The Kier molecular flexibility index (Phi) is 28.3. The lowest BCUT2D eigenvalue weighted by Crippen LogP contribution is -2.37. The summed E-state index contributed by atoms with van der Waals surface area (Å²) in [6, 6.07) is 0. The number of hydrogen-bond donors (Lipinski definition) is 0. The summed E-state index contributed by atoms with van der Waals surface area (Å²) in [5.74, 6) is -0.357. The van der Waals surface area contributed by atoms with Crippen molar-refractivity contribution in [3.05, 3.63) is 36.5 Å². The van der Waals surface area contributed by atoms with Crippen LogP contribution in [-0.2, 0) is 27.9 Å². The van der Waals surface area contributed by atoms with E-state index in [0.717, 1.165) is 64.2 Å². The standard InChI is InChI=1S/C35H66NO7P/c1-6-8-10-12-13-14-15-16-17-18-19-20-21-22-23-24-25-27-30-40-32-34(43-35(37)28-26-11-9-7-2)33-42-44(38,39)41-31-29-36(3,4)5/h8,10,13-14,16-17,34H,6-7,9,11-12,15,18-33H2,1-5H3/b10-8-,14-13-,17-16-. The molecule has 0 spiro atoms. The zero-order valence-corrected chi connectivity index (χ0v) is 29.7. The molecule has 0 rings (SSSR count). The lowest BCUT2D eigenvalue weighted by atomic mass is 10.1. The molecule has 0 aliphatic rings. The topological polar surface area (TPSA) is 94.1 Å². The number of phosphoric ester groups is 1. The Morgan fingerprint density at radius 2 is 1.32 bits per heavy atom. The quantitative estimate of drug-likeness (QED) is 0.0246. The summed E-state index contributed by atoms with van der Waals surface area (Å²) in [4.78, 5) is 24.5. The first kappa shape index (κ1) is 42.7. The van der Waals surface area contributed by atoms with E-state index in [1.54, 1.807) is 0 Å². The van der Waals surface area contributed by atoms with Gasteiger partial charge in [-0.1, -0.05) is 108 Å². The number of unbranched alkanes of at least 4 members (excludes halogenated alkanes) is 11. The number of likely N-dealkylation sites (N-methyl/N-ethyl adjacent to an activating group) is 1. The number of carbonyl (C=O) groups is 1. The van der Waals surface area contributed by atoms with Gasteiger partial charge in [0.15, 0.2) is 0 Å². The number of hydrogen-bond acceptors (Lipinski definition) is 7. The molecule has 0 aliphatic heterocycles. The minimum Gasteiger partial charge on any atom is -0.756 e. The molecule has 0 aromatic carbocycles. The van der Waals surface area contributed by atoms with Crippen molar-refractivity contribution in [1.29, 1.82) is 0 Å². The fourth-order valence-electron chi connectivity index (χ4n) is 4.26. The van der Waals surface area contributed by atoms with E-state index in [2.05, 4.69) is 50.3 Å². The third-order valence-electron chi connectivity index (χ3n) is 6.96. The van der Waals surface area contributed by atoms with Crippen LogP contribution in [0.1, 0.15) is 123 Å². The van der Waals surface area contributed by atoms with Gasteiger partial charge in [0.1, 0.15) is 19.3 Å². The zero-order valence-electron chi connectivity index (χ0n) is 28.8. The number of carbonyl (C=O) groups excluding carboxylic acids is 1. The van der Waals surface area contributed by atoms with Crippen molar-refractivity contribution in [3.63, 3.8) is 0 Å². The Labute approximate surface area is 270 Å². The van der Waals surface area contributed by atoms with Crippen molar-refractivity contribution in [2.24, 2.45) is 0 Å². The number of rotatable bonds is 31. The second-order valence-corrected chi connectivity index (χ2v) is 13.9. The predicted octanol–water partition coefficient (Wildman–Crippen LogP) is 8.46. The van der Waals surface area contributed by atoms with Crippen LogP contribution in [0.15, 0.2) is 36.5 Å². The molecule has 2 atom stereocenters.